The first kappa shape index (κ1) is 29.3. The molecule has 0 radical (unpaired) electrons. The number of nitrogens with one attached hydrogen (secondary N) is 3. The van der Waals surface area contributed by atoms with Crippen molar-refractivity contribution in [2.75, 3.05) is 26.8 Å². The maximum absolute atomic E-state index is 12.5. The van der Waals surface area contributed by atoms with Crippen LogP contribution in [0.1, 0.15) is 39.7 Å². The van der Waals surface area contributed by atoms with E-state index in [-0.39, 0.29) is 41.8 Å². The van der Waals surface area contributed by atoms with E-state index in [1.54, 1.807) is 13.2 Å². The molecular weight excluding hydrogens is 437 g/mol. The molecule has 1 heterocycles. The van der Waals surface area contributed by atoms with Gasteiger partial charge in [-0.2, -0.15) is 0 Å². The summed E-state index contributed by atoms with van der Waals surface area (Å²) in [6, 6.07) is 5.84. The summed E-state index contributed by atoms with van der Waals surface area (Å²) in [5.74, 6) is 1.45. The van der Waals surface area contributed by atoms with Crippen molar-refractivity contribution in [3.05, 3.63) is 48.1 Å². The summed E-state index contributed by atoms with van der Waals surface area (Å²) in [6.45, 7) is 14.4. The monoisotopic (exact) mass is 473 g/mol. The Hall–Kier alpha value is -1.73. The number of benzene rings is 1. The highest BCUT2D eigenvalue weighted by Crippen LogP contribution is 2.31. The van der Waals surface area contributed by atoms with Crippen molar-refractivity contribution in [1.29, 1.82) is 0 Å². The third-order valence-electron chi connectivity index (χ3n) is 4.82. The number of hydrogen-bond donors (Lipinski definition) is 3. The minimum Gasteiger partial charge on any atom is -0.493 e. The normalized spacial score (nSPS) is 15.7. The standard InChI is InChI=1S/C23H35N3O3.2ClH/c1-7-14-29-20-17(10-8-11-19(20)28-6)16-24-12-9-13-25-21(27)18-15-22(2,3)26-23(18,4)5;;/h7-8,10-11,15,24,26H,1,9,12-14,16H2,2-6H3,(H,25,27);2*1H. The van der Waals surface area contributed by atoms with Gasteiger partial charge in [-0.25, -0.2) is 0 Å². The van der Waals surface area contributed by atoms with Gasteiger partial charge < -0.3 is 20.1 Å². The third-order valence-corrected chi connectivity index (χ3v) is 4.82. The number of halogens is 2. The van der Waals surface area contributed by atoms with Gasteiger partial charge in [-0.15, -0.1) is 24.8 Å². The number of carbonyl (C=O) groups is 1. The molecule has 1 aliphatic heterocycles. The van der Waals surface area contributed by atoms with Gasteiger partial charge in [0.25, 0.3) is 0 Å². The van der Waals surface area contributed by atoms with Crippen molar-refractivity contribution in [3.63, 3.8) is 0 Å². The molecule has 0 aromatic heterocycles. The van der Waals surface area contributed by atoms with Crippen molar-refractivity contribution in [3.8, 4) is 11.5 Å². The first-order valence-electron chi connectivity index (χ1n) is 10.1. The summed E-state index contributed by atoms with van der Waals surface area (Å²) in [6.07, 6.45) is 4.57. The van der Waals surface area contributed by atoms with E-state index in [4.69, 9.17) is 9.47 Å². The minimum absolute atomic E-state index is 0. The fourth-order valence-corrected chi connectivity index (χ4v) is 3.70. The predicted molar refractivity (Wildman–Crippen MR) is 132 cm³/mol. The number of carbonyl (C=O) groups excluding carboxylic acids is 1. The second-order valence-corrected chi connectivity index (χ2v) is 8.36. The van der Waals surface area contributed by atoms with E-state index in [1.807, 2.05) is 38.1 Å². The Morgan fingerprint density at radius 1 is 1.19 bits per heavy atom. The van der Waals surface area contributed by atoms with Crippen LogP contribution in [0.2, 0.25) is 0 Å². The Morgan fingerprint density at radius 3 is 2.48 bits per heavy atom. The molecule has 176 valence electrons. The highest BCUT2D eigenvalue weighted by molar-refractivity contribution is 5.96. The summed E-state index contributed by atoms with van der Waals surface area (Å²) >= 11 is 0. The quantitative estimate of drug-likeness (QED) is 0.336. The molecule has 3 N–H and O–H groups in total. The van der Waals surface area contributed by atoms with Gasteiger partial charge in [0.05, 0.1) is 7.11 Å². The smallest absolute Gasteiger partial charge is 0.248 e. The molecule has 1 amide bonds. The van der Waals surface area contributed by atoms with Crippen LogP contribution in [0.3, 0.4) is 0 Å². The number of amides is 1. The molecule has 0 aliphatic carbocycles. The Morgan fingerprint density at radius 2 is 1.90 bits per heavy atom. The molecule has 0 saturated carbocycles. The lowest BCUT2D eigenvalue weighted by atomic mass is 9.96. The summed E-state index contributed by atoms with van der Waals surface area (Å²) in [5.41, 5.74) is 1.34. The highest BCUT2D eigenvalue weighted by Gasteiger charge is 2.39. The van der Waals surface area contributed by atoms with E-state index in [2.05, 4.69) is 36.4 Å². The summed E-state index contributed by atoms with van der Waals surface area (Å²) in [4.78, 5) is 12.5. The predicted octanol–water partition coefficient (Wildman–Crippen LogP) is 3.79. The topological polar surface area (TPSA) is 71.6 Å². The molecule has 0 saturated heterocycles. The van der Waals surface area contributed by atoms with Gasteiger partial charge in [0.15, 0.2) is 11.5 Å². The summed E-state index contributed by atoms with van der Waals surface area (Å²) in [7, 11) is 1.63. The van der Waals surface area contributed by atoms with Crippen LogP contribution in [-0.2, 0) is 11.3 Å². The molecule has 8 heteroatoms. The molecule has 0 fully saturated rings. The van der Waals surface area contributed by atoms with Crippen LogP contribution >= 0.6 is 24.8 Å². The number of ether oxygens (including phenoxy) is 2. The van der Waals surface area contributed by atoms with Gasteiger partial charge in [0.2, 0.25) is 5.91 Å². The van der Waals surface area contributed by atoms with E-state index >= 15 is 0 Å². The van der Waals surface area contributed by atoms with E-state index in [0.29, 0.717) is 25.4 Å². The van der Waals surface area contributed by atoms with Gasteiger partial charge in [0.1, 0.15) is 6.61 Å². The van der Waals surface area contributed by atoms with Crippen LogP contribution in [0.25, 0.3) is 0 Å². The molecule has 0 bridgehead atoms. The second kappa shape index (κ2) is 13.0. The lowest BCUT2D eigenvalue weighted by molar-refractivity contribution is -0.118. The first-order chi connectivity index (χ1) is 13.7. The van der Waals surface area contributed by atoms with Gasteiger partial charge in [-0.05, 0) is 46.7 Å². The molecule has 6 nitrogen and oxygen atoms in total. The van der Waals surface area contributed by atoms with Crippen molar-refractivity contribution in [2.24, 2.45) is 0 Å². The molecule has 1 aliphatic rings. The Labute approximate surface area is 199 Å². The number of para-hydroxylation sites is 1. The van der Waals surface area contributed by atoms with E-state index in [0.717, 1.165) is 29.9 Å². The molecule has 1 aromatic rings. The maximum Gasteiger partial charge on any atom is 0.248 e. The van der Waals surface area contributed by atoms with E-state index in [1.165, 1.54) is 0 Å². The Kier molecular flexibility index (Phi) is 12.2. The average molecular weight is 474 g/mol. The second-order valence-electron chi connectivity index (χ2n) is 8.36. The number of rotatable bonds is 11. The summed E-state index contributed by atoms with van der Waals surface area (Å²) in [5, 5.41) is 9.90. The van der Waals surface area contributed by atoms with Crippen LogP contribution in [0.15, 0.2) is 42.5 Å². The Bertz CT molecular complexity index is 764. The average Bonchev–Trinajstić information content (AvgIpc) is 2.89. The van der Waals surface area contributed by atoms with Crippen LogP contribution < -0.4 is 25.4 Å². The van der Waals surface area contributed by atoms with E-state index < -0.39 is 0 Å². The molecule has 0 atom stereocenters. The van der Waals surface area contributed by atoms with Gasteiger partial charge in [-0.3, -0.25) is 10.1 Å². The number of hydrogen-bond acceptors (Lipinski definition) is 5. The third kappa shape index (κ3) is 8.37. The minimum atomic E-state index is -0.319. The zero-order chi connectivity index (χ0) is 21.5. The van der Waals surface area contributed by atoms with Crippen molar-refractivity contribution in [2.45, 2.75) is 51.7 Å². The molecule has 2 rings (SSSR count). The molecule has 31 heavy (non-hydrogen) atoms. The fraction of sp³-hybridized carbons (Fsp3) is 0.522. The van der Waals surface area contributed by atoms with Gasteiger partial charge >= 0.3 is 0 Å². The molecule has 0 spiro atoms. The zero-order valence-corrected chi connectivity index (χ0v) is 20.8. The lowest BCUT2D eigenvalue weighted by Gasteiger charge is -2.27. The van der Waals surface area contributed by atoms with Crippen LogP contribution in [0, 0.1) is 0 Å². The van der Waals surface area contributed by atoms with Crippen LogP contribution in [-0.4, -0.2) is 43.8 Å². The van der Waals surface area contributed by atoms with Crippen LogP contribution in [0.4, 0.5) is 0 Å². The number of methoxy groups -OCH3 is 1. The highest BCUT2D eigenvalue weighted by atomic mass is 35.5. The van der Waals surface area contributed by atoms with Crippen molar-refractivity contribution in [1.82, 2.24) is 16.0 Å². The SMILES string of the molecule is C=CCOc1c(CNCCCNC(=O)C2=CC(C)(C)NC2(C)C)cccc1OC.Cl.Cl. The fourth-order valence-electron chi connectivity index (χ4n) is 3.70. The van der Waals surface area contributed by atoms with E-state index in [9.17, 15) is 4.79 Å². The van der Waals surface area contributed by atoms with Gasteiger partial charge in [0, 0.05) is 35.3 Å². The largest absolute Gasteiger partial charge is 0.493 e. The molecule has 0 unspecified atom stereocenters. The van der Waals surface area contributed by atoms with Gasteiger partial charge in [-0.1, -0.05) is 30.9 Å². The zero-order valence-electron chi connectivity index (χ0n) is 19.2. The lowest BCUT2D eigenvalue weighted by Crippen LogP contribution is -2.47. The molecule has 1 aromatic carbocycles. The van der Waals surface area contributed by atoms with Crippen LogP contribution in [0.5, 0.6) is 11.5 Å². The first-order valence-corrected chi connectivity index (χ1v) is 10.1. The summed E-state index contributed by atoms with van der Waals surface area (Å²) < 4.78 is 11.1. The van der Waals surface area contributed by atoms with Crippen molar-refractivity contribution < 1.29 is 14.3 Å². The Balaban J connectivity index is 0.00000450. The van der Waals surface area contributed by atoms with Crippen molar-refractivity contribution >= 4 is 30.7 Å². The molecular formula is C23H37Cl2N3O3. The maximum atomic E-state index is 12.5.